The summed E-state index contributed by atoms with van der Waals surface area (Å²) in [5.74, 6) is 0. The van der Waals surface area contributed by atoms with Crippen LogP contribution in [0.1, 0.15) is 27.9 Å². The van der Waals surface area contributed by atoms with E-state index in [-0.39, 0.29) is 5.56 Å². The summed E-state index contributed by atoms with van der Waals surface area (Å²) in [4.78, 5) is 11.4. The van der Waals surface area contributed by atoms with E-state index in [0.29, 0.717) is 11.3 Å². The van der Waals surface area contributed by atoms with Crippen LogP contribution >= 0.6 is 0 Å². The Morgan fingerprint density at radius 1 is 1.26 bits per heavy atom. The Kier molecular flexibility index (Phi) is 3.58. The Hall–Kier alpha value is -2.67. The second-order valence-corrected chi connectivity index (χ2v) is 4.24. The minimum absolute atomic E-state index is 0.111. The van der Waals surface area contributed by atoms with Crippen LogP contribution in [0.5, 0.6) is 0 Å². The summed E-state index contributed by atoms with van der Waals surface area (Å²) in [7, 11) is 0. The van der Waals surface area contributed by atoms with Crippen LogP contribution in [-0.4, -0.2) is 10.2 Å². The minimum atomic E-state index is -0.451. The van der Waals surface area contributed by atoms with Crippen molar-refractivity contribution < 1.29 is 0 Å². The molecular formula is C15H13N3O. The number of H-pyrrole nitrogens is 1. The quantitative estimate of drug-likeness (QED) is 0.891. The number of nitriles is 1. The molecule has 2 rings (SSSR count). The molecule has 2 aromatic rings. The first-order valence-electron chi connectivity index (χ1n) is 5.86. The standard InChI is InChI=1S/C15H13N3O/c1-10-5-3-4-6-12(10)7-8-14-11(2)13(9-16)15(19)18-17-14/h3-8H,1-2H3,(H,18,19)/b8-7+. The van der Waals surface area contributed by atoms with Crippen LogP contribution in [0.15, 0.2) is 29.1 Å². The van der Waals surface area contributed by atoms with Gasteiger partial charge in [0.1, 0.15) is 11.6 Å². The summed E-state index contributed by atoms with van der Waals surface area (Å²) in [6.07, 6.45) is 3.72. The number of aromatic amines is 1. The first-order valence-corrected chi connectivity index (χ1v) is 5.86. The number of benzene rings is 1. The molecule has 0 aliphatic rings. The van der Waals surface area contributed by atoms with E-state index in [4.69, 9.17) is 5.26 Å². The first-order chi connectivity index (χ1) is 9.13. The van der Waals surface area contributed by atoms with Crippen molar-refractivity contribution in [2.45, 2.75) is 13.8 Å². The zero-order valence-corrected chi connectivity index (χ0v) is 10.8. The smallest absolute Gasteiger partial charge is 0.267 e. The van der Waals surface area contributed by atoms with E-state index in [1.54, 1.807) is 13.0 Å². The third-order valence-electron chi connectivity index (χ3n) is 2.99. The van der Waals surface area contributed by atoms with Crippen LogP contribution in [0.3, 0.4) is 0 Å². The number of nitrogens with zero attached hydrogens (tertiary/aromatic N) is 2. The molecule has 0 fully saturated rings. The molecule has 0 amide bonds. The fourth-order valence-electron chi connectivity index (χ4n) is 1.79. The van der Waals surface area contributed by atoms with Crippen molar-refractivity contribution in [3.63, 3.8) is 0 Å². The molecule has 0 unspecified atom stereocenters. The second-order valence-electron chi connectivity index (χ2n) is 4.24. The van der Waals surface area contributed by atoms with Crippen LogP contribution in [0.4, 0.5) is 0 Å². The molecule has 0 radical (unpaired) electrons. The van der Waals surface area contributed by atoms with E-state index in [0.717, 1.165) is 11.1 Å². The van der Waals surface area contributed by atoms with Gasteiger partial charge in [-0.1, -0.05) is 30.3 Å². The predicted octanol–water partition coefficient (Wildman–Crippen LogP) is 2.43. The van der Waals surface area contributed by atoms with Gasteiger partial charge in [-0.3, -0.25) is 4.79 Å². The van der Waals surface area contributed by atoms with Crippen LogP contribution in [-0.2, 0) is 0 Å². The Morgan fingerprint density at radius 2 is 2.00 bits per heavy atom. The molecule has 0 saturated heterocycles. The summed E-state index contributed by atoms with van der Waals surface area (Å²) in [6, 6.07) is 9.85. The molecule has 1 N–H and O–H groups in total. The monoisotopic (exact) mass is 251 g/mol. The lowest BCUT2D eigenvalue weighted by atomic mass is 10.1. The van der Waals surface area contributed by atoms with Crippen LogP contribution in [0, 0.1) is 25.2 Å². The zero-order chi connectivity index (χ0) is 13.8. The third kappa shape index (κ3) is 2.61. The third-order valence-corrected chi connectivity index (χ3v) is 2.99. The predicted molar refractivity (Wildman–Crippen MR) is 74.4 cm³/mol. The highest BCUT2D eigenvalue weighted by Crippen LogP contribution is 2.13. The van der Waals surface area contributed by atoms with Crippen molar-refractivity contribution in [2.75, 3.05) is 0 Å². The number of hydrogen-bond acceptors (Lipinski definition) is 3. The Balaban J connectivity index is 2.43. The fourth-order valence-corrected chi connectivity index (χ4v) is 1.79. The minimum Gasteiger partial charge on any atom is -0.267 e. The molecule has 0 aliphatic heterocycles. The largest absolute Gasteiger partial charge is 0.282 e. The Labute approximate surface area is 111 Å². The molecule has 0 saturated carbocycles. The molecule has 0 atom stereocenters. The van der Waals surface area contributed by atoms with Crippen molar-refractivity contribution in [3.05, 3.63) is 62.6 Å². The molecule has 4 nitrogen and oxygen atoms in total. The van der Waals surface area contributed by atoms with Gasteiger partial charge in [-0.15, -0.1) is 0 Å². The highest BCUT2D eigenvalue weighted by Gasteiger charge is 2.07. The maximum Gasteiger partial charge on any atom is 0.282 e. The molecular weight excluding hydrogens is 238 g/mol. The van der Waals surface area contributed by atoms with Crippen LogP contribution < -0.4 is 5.56 Å². The summed E-state index contributed by atoms with van der Waals surface area (Å²) >= 11 is 0. The average Bonchev–Trinajstić information content (AvgIpc) is 2.40. The average molecular weight is 251 g/mol. The van der Waals surface area contributed by atoms with Gasteiger partial charge < -0.3 is 0 Å². The maximum atomic E-state index is 11.4. The first kappa shape index (κ1) is 12.8. The molecule has 1 aromatic carbocycles. The van der Waals surface area contributed by atoms with E-state index in [9.17, 15) is 4.79 Å². The molecule has 1 aromatic heterocycles. The van der Waals surface area contributed by atoms with Crippen molar-refractivity contribution in [3.8, 4) is 6.07 Å². The normalized spacial score (nSPS) is 10.6. The molecule has 0 bridgehead atoms. The van der Waals surface area contributed by atoms with Gasteiger partial charge in [0.05, 0.1) is 5.69 Å². The maximum absolute atomic E-state index is 11.4. The molecule has 1 heterocycles. The number of aryl methyl sites for hydroxylation is 1. The lowest BCUT2D eigenvalue weighted by Gasteiger charge is -2.01. The van der Waals surface area contributed by atoms with E-state index in [1.165, 1.54) is 0 Å². The number of rotatable bonds is 2. The lowest BCUT2D eigenvalue weighted by molar-refractivity contribution is 0.952. The Morgan fingerprint density at radius 3 is 2.68 bits per heavy atom. The second kappa shape index (κ2) is 5.32. The SMILES string of the molecule is Cc1ccccc1/C=C/c1n[nH]c(=O)c(C#N)c1C. The highest BCUT2D eigenvalue weighted by atomic mass is 16.1. The van der Waals surface area contributed by atoms with Gasteiger partial charge in [0.25, 0.3) is 5.56 Å². The summed E-state index contributed by atoms with van der Waals surface area (Å²) in [5.41, 5.74) is 3.08. The van der Waals surface area contributed by atoms with Gasteiger partial charge in [0, 0.05) is 0 Å². The van der Waals surface area contributed by atoms with Gasteiger partial charge >= 0.3 is 0 Å². The fraction of sp³-hybridized carbons (Fsp3) is 0.133. The summed E-state index contributed by atoms with van der Waals surface area (Å²) in [5, 5.41) is 15.2. The Bertz CT molecular complexity index is 736. The molecule has 4 heteroatoms. The van der Waals surface area contributed by atoms with E-state index in [1.807, 2.05) is 43.3 Å². The number of hydrogen-bond donors (Lipinski definition) is 1. The topological polar surface area (TPSA) is 69.5 Å². The van der Waals surface area contributed by atoms with Crippen LogP contribution in [0.25, 0.3) is 12.2 Å². The van der Waals surface area contributed by atoms with Gasteiger partial charge in [-0.05, 0) is 36.6 Å². The molecule has 94 valence electrons. The van der Waals surface area contributed by atoms with Gasteiger partial charge in [-0.25, -0.2) is 5.10 Å². The molecule has 19 heavy (non-hydrogen) atoms. The summed E-state index contributed by atoms with van der Waals surface area (Å²) < 4.78 is 0. The zero-order valence-electron chi connectivity index (χ0n) is 10.8. The van der Waals surface area contributed by atoms with Crippen molar-refractivity contribution in [1.82, 2.24) is 10.2 Å². The van der Waals surface area contributed by atoms with Gasteiger partial charge in [-0.2, -0.15) is 10.4 Å². The summed E-state index contributed by atoms with van der Waals surface area (Å²) in [6.45, 7) is 3.74. The van der Waals surface area contributed by atoms with Gasteiger partial charge in [0.15, 0.2) is 0 Å². The van der Waals surface area contributed by atoms with Gasteiger partial charge in [0.2, 0.25) is 0 Å². The van der Waals surface area contributed by atoms with E-state index in [2.05, 4.69) is 10.2 Å². The van der Waals surface area contributed by atoms with E-state index >= 15 is 0 Å². The molecule has 0 aliphatic carbocycles. The highest BCUT2D eigenvalue weighted by molar-refractivity contribution is 5.71. The van der Waals surface area contributed by atoms with Crippen molar-refractivity contribution in [1.29, 1.82) is 5.26 Å². The van der Waals surface area contributed by atoms with Crippen molar-refractivity contribution in [2.24, 2.45) is 0 Å². The van der Waals surface area contributed by atoms with Crippen molar-refractivity contribution >= 4 is 12.2 Å². The van der Waals surface area contributed by atoms with Crippen LogP contribution in [0.2, 0.25) is 0 Å². The number of aromatic nitrogens is 2. The number of nitrogens with one attached hydrogen (secondary N) is 1. The van der Waals surface area contributed by atoms with E-state index < -0.39 is 5.56 Å². The molecule has 0 spiro atoms. The lowest BCUT2D eigenvalue weighted by Crippen LogP contribution is -2.15.